The summed E-state index contributed by atoms with van der Waals surface area (Å²) < 4.78 is 5.12. The maximum atomic E-state index is 12.9. The van der Waals surface area contributed by atoms with Crippen molar-refractivity contribution < 1.29 is 19.1 Å². The summed E-state index contributed by atoms with van der Waals surface area (Å²) in [5, 5.41) is 2.71. The van der Waals surface area contributed by atoms with E-state index in [4.69, 9.17) is 4.74 Å². The van der Waals surface area contributed by atoms with Gasteiger partial charge in [-0.2, -0.15) is 0 Å². The average molecular weight is 361 g/mol. The summed E-state index contributed by atoms with van der Waals surface area (Å²) in [7, 11) is 3.27. The largest absolute Gasteiger partial charge is 0.497 e. The third-order valence-corrected chi connectivity index (χ3v) is 5.12. The fourth-order valence-corrected chi connectivity index (χ4v) is 3.25. The molecule has 0 spiro atoms. The number of benzene rings is 1. The molecule has 0 aliphatic carbocycles. The molecule has 0 saturated carbocycles. The van der Waals surface area contributed by atoms with Crippen LogP contribution in [-0.2, 0) is 15.1 Å². The lowest BCUT2D eigenvalue weighted by atomic mass is 9.92. The second-order valence-corrected chi connectivity index (χ2v) is 6.65. The highest BCUT2D eigenvalue weighted by Gasteiger charge is 2.49. The number of likely N-dealkylation sites (N-methyl/N-ethyl adjacent to an activating group) is 1. The number of rotatable bonds is 7. The topological polar surface area (TPSA) is 79.0 Å². The first-order chi connectivity index (χ1) is 12.3. The molecule has 0 bridgehead atoms. The number of nitrogens with zero attached hydrogens (tertiary/aromatic N) is 2. The predicted octanol–water partition coefficient (Wildman–Crippen LogP) is 2.11. The van der Waals surface area contributed by atoms with Gasteiger partial charge < -0.3 is 15.0 Å². The summed E-state index contributed by atoms with van der Waals surface area (Å²) in [5.41, 5.74) is -0.558. The van der Waals surface area contributed by atoms with Gasteiger partial charge in [0.05, 0.1) is 7.11 Å². The molecule has 1 aromatic carbocycles. The van der Waals surface area contributed by atoms with Gasteiger partial charge in [0.1, 0.15) is 17.8 Å². The third kappa shape index (κ3) is 3.52. The number of carbonyl (C=O) groups excluding carboxylic acids is 3. The third-order valence-electron chi connectivity index (χ3n) is 5.12. The summed E-state index contributed by atoms with van der Waals surface area (Å²) in [6.45, 7) is 5.40. The lowest BCUT2D eigenvalue weighted by Gasteiger charge is -2.28. The zero-order valence-corrected chi connectivity index (χ0v) is 16.0. The molecule has 1 N–H and O–H groups in total. The molecule has 7 nitrogen and oxygen atoms in total. The van der Waals surface area contributed by atoms with E-state index in [9.17, 15) is 14.4 Å². The number of carbonyl (C=O) groups is 3. The molecule has 1 aromatic rings. The van der Waals surface area contributed by atoms with Crippen LogP contribution >= 0.6 is 0 Å². The standard InChI is InChI=1S/C19H27N3O4/c1-6-14(7-2)21(4)16(23)12-22-17(24)19(3,20-18(22)25)13-8-10-15(26-5)11-9-13/h8-11,14H,6-7,12H2,1-5H3,(H,20,25). The lowest BCUT2D eigenvalue weighted by molar-refractivity contribution is -0.139. The number of ether oxygens (including phenoxy) is 1. The maximum absolute atomic E-state index is 12.9. The minimum atomic E-state index is -1.20. The Balaban J connectivity index is 2.18. The monoisotopic (exact) mass is 361 g/mol. The van der Waals surface area contributed by atoms with Gasteiger partial charge in [-0.15, -0.1) is 0 Å². The molecule has 1 aliphatic heterocycles. The smallest absolute Gasteiger partial charge is 0.325 e. The van der Waals surface area contributed by atoms with E-state index in [1.54, 1.807) is 50.2 Å². The second-order valence-electron chi connectivity index (χ2n) is 6.65. The van der Waals surface area contributed by atoms with Gasteiger partial charge in [-0.1, -0.05) is 26.0 Å². The summed E-state index contributed by atoms with van der Waals surface area (Å²) in [4.78, 5) is 40.4. The zero-order valence-electron chi connectivity index (χ0n) is 16.0. The van der Waals surface area contributed by atoms with Crippen molar-refractivity contribution in [3.05, 3.63) is 29.8 Å². The van der Waals surface area contributed by atoms with Crippen LogP contribution in [0.3, 0.4) is 0 Å². The van der Waals surface area contributed by atoms with Crippen LogP contribution in [-0.4, -0.2) is 54.4 Å². The minimum absolute atomic E-state index is 0.0937. The number of hydrogen-bond donors (Lipinski definition) is 1. The summed E-state index contributed by atoms with van der Waals surface area (Å²) in [6, 6.07) is 6.47. The Morgan fingerprint density at radius 1 is 1.23 bits per heavy atom. The number of nitrogens with one attached hydrogen (secondary N) is 1. The van der Waals surface area contributed by atoms with E-state index in [1.807, 2.05) is 13.8 Å². The van der Waals surface area contributed by atoms with Crippen LogP contribution < -0.4 is 10.1 Å². The highest BCUT2D eigenvalue weighted by Crippen LogP contribution is 2.30. The van der Waals surface area contributed by atoms with Crippen LogP contribution in [0.1, 0.15) is 39.2 Å². The van der Waals surface area contributed by atoms with Crippen LogP contribution in [0.25, 0.3) is 0 Å². The SMILES string of the molecule is CCC(CC)N(C)C(=O)CN1C(=O)NC(C)(c2ccc(OC)cc2)C1=O. The quantitative estimate of drug-likeness (QED) is 0.755. The van der Waals surface area contributed by atoms with Crippen molar-refractivity contribution in [2.24, 2.45) is 0 Å². The van der Waals surface area contributed by atoms with Gasteiger partial charge in [0.25, 0.3) is 5.91 Å². The number of imide groups is 1. The van der Waals surface area contributed by atoms with E-state index >= 15 is 0 Å². The van der Waals surface area contributed by atoms with Gasteiger partial charge in [-0.05, 0) is 37.5 Å². The van der Waals surface area contributed by atoms with E-state index in [-0.39, 0.29) is 18.5 Å². The molecule has 0 aromatic heterocycles. The van der Waals surface area contributed by atoms with Crippen molar-refractivity contribution in [3.8, 4) is 5.75 Å². The van der Waals surface area contributed by atoms with E-state index in [2.05, 4.69) is 5.32 Å². The first-order valence-corrected chi connectivity index (χ1v) is 8.82. The van der Waals surface area contributed by atoms with Crippen molar-refractivity contribution in [1.82, 2.24) is 15.1 Å². The van der Waals surface area contributed by atoms with Crippen LogP contribution in [0, 0.1) is 0 Å². The first kappa shape index (κ1) is 19.8. The van der Waals surface area contributed by atoms with Crippen LogP contribution in [0.4, 0.5) is 4.79 Å². The number of urea groups is 1. The second kappa shape index (κ2) is 7.76. The highest BCUT2D eigenvalue weighted by molar-refractivity contribution is 6.09. The van der Waals surface area contributed by atoms with Crippen LogP contribution in [0.15, 0.2) is 24.3 Å². The Morgan fingerprint density at radius 2 is 1.81 bits per heavy atom. The van der Waals surface area contributed by atoms with E-state index in [0.29, 0.717) is 11.3 Å². The Hall–Kier alpha value is -2.57. The molecule has 1 heterocycles. The number of methoxy groups -OCH3 is 1. The van der Waals surface area contributed by atoms with Gasteiger partial charge >= 0.3 is 6.03 Å². The van der Waals surface area contributed by atoms with Crippen molar-refractivity contribution >= 4 is 17.8 Å². The fraction of sp³-hybridized carbons (Fsp3) is 0.526. The van der Waals surface area contributed by atoms with Gasteiger partial charge in [-0.25, -0.2) is 4.79 Å². The molecular formula is C19H27N3O4. The minimum Gasteiger partial charge on any atom is -0.497 e. The van der Waals surface area contributed by atoms with Crippen molar-refractivity contribution in [3.63, 3.8) is 0 Å². The van der Waals surface area contributed by atoms with Gasteiger partial charge in [0, 0.05) is 13.1 Å². The molecule has 1 aliphatic rings. The molecule has 1 saturated heterocycles. The van der Waals surface area contributed by atoms with E-state index in [0.717, 1.165) is 17.7 Å². The van der Waals surface area contributed by atoms with Crippen LogP contribution in [0.2, 0.25) is 0 Å². The molecule has 7 heteroatoms. The molecule has 26 heavy (non-hydrogen) atoms. The molecule has 142 valence electrons. The highest BCUT2D eigenvalue weighted by atomic mass is 16.5. The normalized spacial score (nSPS) is 19.7. The zero-order chi connectivity index (χ0) is 19.5. The summed E-state index contributed by atoms with van der Waals surface area (Å²) in [6.07, 6.45) is 1.64. The maximum Gasteiger partial charge on any atom is 0.325 e. The van der Waals surface area contributed by atoms with E-state index in [1.165, 1.54) is 0 Å². The molecule has 2 rings (SSSR count). The molecule has 1 atom stereocenters. The Labute approximate surface area is 154 Å². The Kier molecular flexibility index (Phi) is 5.90. The average Bonchev–Trinajstić information content (AvgIpc) is 2.86. The van der Waals surface area contributed by atoms with Gasteiger partial charge in [0.2, 0.25) is 5.91 Å². The molecule has 1 fully saturated rings. The molecule has 4 amide bonds. The lowest BCUT2D eigenvalue weighted by Crippen LogP contribution is -2.46. The Bertz CT molecular complexity index is 685. The molecule has 1 unspecified atom stereocenters. The molecule has 0 radical (unpaired) electrons. The fourth-order valence-electron chi connectivity index (χ4n) is 3.25. The predicted molar refractivity (Wildman–Crippen MR) is 97.7 cm³/mol. The summed E-state index contributed by atoms with van der Waals surface area (Å²) >= 11 is 0. The van der Waals surface area contributed by atoms with Gasteiger partial charge in [0.15, 0.2) is 0 Å². The molecular weight excluding hydrogens is 334 g/mol. The van der Waals surface area contributed by atoms with Gasteiger partial charge in [-0.3, -0.25) is 14.5 Å². The van der Waals surface area contributed by atoms with Crippen molar-refractivity contribution in [2.75, 3.05) is 20.7 Å². The van der Waals surface area contributed by atoms with Crippen molar-refractivity contribution in [2.45, 2.75) is 45.2 Å². The van der Waals surface area contributed by atoms with Crippen molar-refractivity contribution in [1.29, 1.82) is 0 Å². The van der Waals surface area contributed by atoms with Crippen LogP contribution in [0.5, 0.6) is 5.75 Å². The number of amides is 4. The first-order valence-electron chi connectivity index (χ1n) is 8.82. The summed E-state index contributed by atoms with van der Waals surface area (Å²) in [5.74, 6) is -0.0203. The Morgan fingerprint density at radius 3 is 2.31 bits per heavy atom. The number of hydrogen-bond acceptors (Lipinski definition) is 4. The van der Waals surface area contributed by atoms with E-state index < -0.39 is 17.5 Å².